The molecule has 0 rings (SSSR count). The molecule has 0 amide bonds. The van der Waals surface area contributed by atoms with Crippen LogP contribution in [0.5, 0.6) is 0 Å². The molecule has 0 saturated heterocycles. The van der Waals surface area contributed by atoms with E-state index in [9.17, 15) is 0 Å². The fourth-order valence-corrected chi connectivity index (χ4v) is 2.27. The number of hydrogen-bond donors (Lipinski definition) is 2. The lowest BCUT2D eigenvalue weighted by Crippen LogP contribution is -2.35. The Morgan fingerprint density at radius 3 is 2.35 bits per heavy atom. The van der Waals surface area contributed by atoms with Gasteiger partial charge in [0.2, 0.25) is 0 Å². The second-order valence-corrected chi connectivity index (χ2v) is 6.14. The SMILES string of the molecule is CCCCCC(C)(C)CNCC(CN)CCC. The van der Waals surface area contributed by atoms with Crippen LogP contribution in [0.1, 0.15) is 66.2 Å². The third-order valence-corrected chi connectivity index (χ3v) is 3.52. The van der Waals surface area contributed by atoms with Gasteiger partial charge in [-0.05, 0) is 37.3 Å². The summed E-state index contributed by atoms with van der Waals surface area (Å²) in [5.41, 5.74) is 6.20. The largest absolute Gasteiger partial charge is 0.330 e. The lowest BCUT2D eigenvalue weighted by molar-refractivity contribution is 0.291. The van der Waals surface area contributed by atoms with Crippen molar-refractivity contribution in [2.24, 2.45) is 17.1 Å². The Morgan fingerprint density at radius 2 is 1.82 bits per heavy atom. The maximum absolute atomic E-state index is 5.77. The number of nitrogens with two attached hydrogens (primary N) is 1. The molecule has 17 heavy (non-hydrogen) atoms. The van der Waals surface area contributed by atoms with Crippen LogP contribution < -0.4 is 11.1 Å². The van der Waals surface area contributed by atoms with E-state index in [1.807, 2.05) is 0 Å². The summed E-state index contributed by atoms with van der Waals surface area (Å²) in [7, 11) is 0. The normalized spacial score (nSPS) is 13.9. The van der Waals surface area contributed by atoms with Gasteiger partial charge in [0.05, 0.1) is 0 Å². The highest BCUT2D eigenvalue weighted by Gasteiger charge is 2.17. The predicted octanol–water partition coefficient (Wildman–Crippen LogP) is 3.56. The van der Waals surface area contributed by atoms with Crippen molar-refractivity contribution in [1.82, 2.24) is 5.32 Å². The molecule has 0 fully saturated rings. The van der Waals surface area contributed by atoms with Gasteiger partial charge in [0, 0.05) is 6.54 Å². The van der Waals surface area contributed by atoms with Crippen LogP contribution in [0, 0.1) is 11.3 Å². The summed E-state index contributed by atoms with van der Waals surface area (Å²) >= 11 is 0. The van der Waals surface area contributed by atoms with Crippen LogP contribution in [-0.2, 0) is 0 Å². The Labute approximate surface area is 109 Å². The molecular weight excluding hydrogens is 208 g/mol. The lowest BCUT2D eigenvalue weighted by Gasteiger charge is -2.26. The van der Waals surface area contributed by atoms with Crippen molar-refractivity contribution >= 4 is 0 Å². The highest BCUT2D eigenvalue weighted by atomic mass is 14.9. The zero-order chi connectivity index (χ0) is 13.1. The summed E-state index contributed by atoms with van der Waals surface area (Å²) in [5.74, 6) is 0.659. The van der Waals surface area contributed by atoms with E-state index >= 15 is 0 Å². The average molecular weight is 242 g/mol. The van der Waals surface area contributed by atoms with E-state index in [0.29, 0.717) is 11.3 Å². The first-order valence-corrected chi connectivity index (χ1v) is 7.46. The Morgan fingerprint density at radius 1 is 1.12 bits per heavy atom. The summed E-state index contributed by atoms with van der Waals surface area (Å²) in [6, 6.07) is 0. The summed E-state index contributed by atoms with van der Waals surface area (Å²) < 4.78 is 0. The number of nitrogens with one attached hydrogen (secondary N) is 1. The predicted molar refractivity (Wildman–Crippen MR) is 78.2 cm³/mol. The van der Waals surface area contributed by atoms with Crippen molar-refractivity contribution in [1.29, 1.82) is 0 Å². The van der Waals surface area contributed by atoms with E-state index in [4.69, 9.17) is 5.73 Å². The Kier molecular flexibility index (Phi) is 9.85. The van der Waals surface area contributed by atoms with Crippen LogP contribution in [-0.4, -0.2) is 19.6 Å². The van der Waals surface area contributed by atoms with E-state index in [1.54, 1.807) is 0 Å². The summed E-state index contributed by atoms with van der Waals surface area (Å²) in [5, 5.41) is 3.61. The third-order valence-electron chi connectivity index (χ3n) is 3.52. The van der Waals surface area contributed by atoms with Gasteiger partial charge in [0.1, 0.15) is 0 Å². The minimum atomic E-state index is 0.431. The van der Waals surface area contributed by atoms with Crippen LogP contribution in [0.4, 0.5) is 0 Å². The van der Waals surface area contributed by atoms with Gasteiger partial charge in [-0.1, -0.05) is 53.4 Å². The van der Waals surface area contributed by atoms with Gasteiger partial charge in [-0.2, -0.15) is 0 Å². The summed E-state index contributed by atoms with van der Waals surface area (Å²) in [6.07, 6.45) is 7.86. The molecule has 1 atom stereocenters. The molecule has 0 aliphatic heterocycles. The van der Waals surface area contributed by atoms with Crippen molar-refractivity contribution in [2.75, 3.05) is 19.6 Å². The van der Waals surface area contributed by atoms with Crippen LogP contribution >= 0.6 is 0 Å². The van der Waals surface area contributed by atoms with E-state index < -0.39 is 0 Å². The molecule has 3 N–H and O–H groups in total. The molecule has 2 heteroatoms. The summed E-state index contributed by atoms with van der Waals surface area (Å²) in [6.45, 7) is 12.3. The minimum absolute atomic E-state index is 0.431. The Balaban J connectivity index is 3.68. The second kappa shape index (κ2) is 9.90. The molecule has 0 saturated carbocycles. The maximum Gasteiger partial charge on any atom is 0.000264 e. The first kappa shape index (κ1) is 16.9. The second-order valence-electron chi connectivity index (χ2n) is 6.14. The molecule has 104 valence electrons. The van der Waals surface area contributed by atoms with Crippen molar-refractivity contribution in [3.05, 3.63) is 0 Å². The van der Waals surface area contributed by atoms with E-state index in [0.717, 1.165) is 19.6 Å². The zero-order valence-corrected chi connectivity index (χ0v) is 12.5. The molecular formula is C15H34N2. The smallest absolute Gasteiger partial charge is 0.000264 e. The molecule has 0 aliphatic carbocycles. The van der Waals surface area contributed by atoms with Crippen molar-refractivity contribution < 1.29 is 0 Å². The van der Waals surface area contributed by atoms with Gasteiger partial charge >= 0.3 is 0 Å². The molecule has 0 aromatic rings. The van der Waals surface area contributed by atoms with E-state index in [2.05, 4.69) is 33.0 Å². The van der Waals surface area contributed by atoms with Crippen LogP contribution in [0.15, 0.2) is 0 Å². The molecule has 0 heterocycles. The van der Waals surface area contributed by atoms with Gasteiger partial charge < -0.3 is 11.1 Å². The van der Waals surface area contributed by atoms with Gasteiger partial charge in [-0.15, -0.1) is 0 Å². The van der Waals surface area contributed by atoms with Gasteiger partial charge in [0.15, 0.2) is 0 Å². The molecule has 0 spiro atoms. The topological polar surface area (TPSA) is 38.0 Å². The molecule has 0 radical (unpaired) electrons. The fraction of sp³-hybridized carbons (Fsp3) is 1.00. The van der Waals surface area contributed by atoms with E-state index in [1.165, 1.54) is 38.5 Å². The van der Waals surface area contributed by atoms with Crippen LogP contribution in [0.2, 0.25) is 0 Å². The maximum atomic E-state index is 5.77. The fourth-order valence-electron chi connectivity index (χ4n) is 2.27. The zero-order valence-electron chi connectivity index (χ0n) is 12.5. The van der Waals surface area contributed by atoms with Crippen molar-refractivity contribution in [2.45, 2.75) is 66.2 Å². The summed E-state index contributed by atoms with van der Waals surface area (Å²) in [4.78, 5) is 0. The van der Waals surface area contributed by atoms with Gasteiger partial charge in [-0.25, -0.2) is 0 Å². The quantitative estimate of drug-likeness (QED) is 0.544. The molecule has 0 aromatic carbocycles. The van der Waals surface area contributed by atoms with Gasteiger partial charge in [-0.3, -0.25) is 0 Å². The molecule has 1 unspecified atom stereocenters. The number of unbranched alkanes of at least 4 members (excludes halogenated alkanes) is 2. The van der Waals surface area contributed by atoms with Crippen LogP contribution in [0.25, 0.3) is 0 Å². The number of hydrogen-bond acceptors (Lipinski definition) is 2. The first-order chi connectivity index (χ1) is 8.05. The standard InChI is InChI=1S/C15H34N2/c1-5-7-8-10-15(3,4)13-17-12-14(11-16)9-6-2/h14,17H,5-13,16H2,1-4H3. The monoisotopic (exact) mass is 242 g/mol. The van der Waals surface area contributed by atoms with Gasteiger partial charge in [0.25, 0.3) is 0 Å². The molecule has 0 aromatic heterocycles. The minimum Gasteiger partial charge on any atom is -0.330 e. The molecule has 2 nitrogen and oxygen atoms in total. The average Bonchev–Trinajstić information content (AvgIpc) is 2.28. The Bertz CT molecular complexity index is 166. The van der Waals surface area contributed by atoms with Crippen molar-refractivity contribution in [3.63, 3.8) is 0 Å². The third kappa shape index (κ3) is 9.61. The highest BCUT2D eigenvalue weighted by molar-refractivity contribution is 4.73. The Hall–Kier alpha value is -0.0800. The van der Waals surface area contributed by atoms with E-state index in [-0.39, 0.29) is 0 Å². The molecule has 0 aliphatic rings. The first-order valence-electron chi connectivity index (χ1n) is 7.46. The van der Waals surface area contributed by atoms with Crippen molar-refractivity contribution in [3.8, 4) is 0 Å². The lowest BCUT2D eigenvalue weighted by atomic mass is 9.86. The number of rotatable bonds is 11. The molecule has 0 bridgehead atoms. The van der Waals surface area contributed by atoms with Crippen LogP contribution in [0.3, 0.4) is 0 Å². The highest BCUT2D eigenvalue weighted by Crippen LogP contribution is 2.22.